The summed E-state index contributed by atoms with van der Waals surface area (Å²) < 4.78 is 0. The molecule has 15 nitrogen and oxygen atoms in total. The van der Waals surface area contributed by atoms with Crippen LogP contribution in [-0.4, -0.2) is 111 Å². The smallest absolute Gasteiger partial charge is 0.245 e. The average molecular weight is 947 g/mol. The number of hydrogen-bond acceptors (Lipinski definition) is 11. The number of aldehydes is 1. The van der Waals surface area contributed by atoms with E-state index in [4.69, 9.17) is 0 Å². The number of unbranched alkanes of at least 4 members (excludes halogenated alkanes) is 12. The zero-order chi connectivity index (χ0) is 50.2. The third kappa shape index (κ3) is 18.2. The topological polar surface area (TPSA) is 228 Å². The summed E-state index contributed by atoms with van der Waals surface area (Å²) in [6.07, 6.45) is 16.1. The molecule has 2 aromatic rings. The van der Waals surface area contributed by atoms with Crippen molar-refractivity contribution in [1.29, 1.82) is 0 Å². The Kier molecular flexibility index (Phi) is 25.2. The monoisotopic (exact) mass is 947 g/mol. The predicted molar refractivity (Wildman–Crippen MR) is 260 cm³/mol. The van der Waals surface area contributed by atoms with Crippen LogP contribution in [0.25, 0.3) is 11.1 Å². The number of amides is 4. The number of aromatic hydroxyl groups is 2. The Morgan fingerprint density at radius 1 is 0.794 bits per heavy atom. The van der Waals surface area contributed by atoms with Crippen molar-refractivity contribution in [2.45, 2.75) is 186 Å². The van der Waals surface area contributed by atoms with Crippen LogP contribution in [0.15, 0.2) is 36.4 Å². The maximum absolute atomic E-state index is 14.3. The number of aryl methyl sites for hydroxylation is 1. The Morgan fingerprint density at radius 3 is 1.99 bits per heavy atom. The van der Waals surface area contributed by atoms with Crippen molar-refractivity contribution in [3.8, 4) is 22.6 Å². The molecule has 5 N–H and O–H groups in total. The van der Waals surface area contributed by atoms with E-state index in [0.717, 1.165) is 29.7 Å². The molecule has 0 saturated carbocycles. The number of benzene rings is 2. The van der Waals surface area contributed by atoms with E-state index in [1.165, 1.54) is 115 Å². The first kappa shape index (κ1) is 56.9. The molecule has 376 valence electrons. The fourth-order valence-electron chi connectivity index (χ4n) is 8.72. The van der Waals surface area contributed by atoms with E-state index in [0.29, 0.717) is 25.5 Å². The quantitative estimate of drug-likeness (QED) is 0.0438. The van der Waals surface area contributed by atoms with E-state index in [9.17, 15) is 53.7 Å². The van der Waals surface area contributed by atoms with Crippen molar-refractivity contribution in [1.82, 2.24) is 20.4 Å². The van der Waals surface area contributed by atoms with Gasteiger partial charge in [0.25, 0.3) is 0 Å². The first-order valence-electron chi connectivity index (χ1n) is 24.9. The van der Waals surface area contributed by atoms with E-state index >= 15 is 0 Å². The standard InChI is InChI=1S/C53H78N4O11/c1-6-7-8-9-10-11-12-13-14-15-16-17-18-24-49(65)56(4)43(35-59)53(68)54-37(3)44(60)29-30-50(66)57(5)51-39-26-28-46(62)41(34-39)40-33-38(25-27-45(40)61)21-19-22-42(47(63)23-20-31-58)55-52(67)36(2)32-48(51)64/h25-28,31,33-34,36-37,42-43,51,59,61-62H,6-24,29-30,32,35H2,1-5H3,(H,54,68)(H,55,67)/t36-,37-,42+,43-,51+/m1/s1. The molecule has 4 amide bonds. The molecule has 0 saturated heterocycles. The molecule has 15 heteroatoms. The molecule has 3 rings (SSSR count). The van der Waals surface area contributed by atoms with Gasteiger partial charge in [0.15, 0.2) is 17.3 Å². The number of likely N-dealkylation sites (N-methyl/N-ethyl adjacent to an activating group) is 2. The summed E-state index contributed by atoms with van der Waals surface area (Å²) in [5.41, 5.74) is 1.48. The molecule has 0 aromatic heterocycles. The van der Waals surface area contributed by atoms with E-state index < -0.39 is 66.0 Å². The molecule has 5 atom stereocenters. The Labute approximate surface area is 403 Å². The van der Waals surface area contributed by atoms with Gasteiger partial charge in [-0.15, -0.1) is 0 Å². The second-order valence-corrected chi connectivity index (χ2v) is 18.6. The zero-order valence-electron chi connectivity index (χ0n) is 41.2. The van der Waals surface area contributed by atoms with Gasteiger partial charge in [-0.3, -0.25) is 33.6 Å². The zero-order valence-corrected chi connectivity index (χ0v) is 41.2. The van der Waals surface area contributed by atoms with Crippen LogP contribution >= 0.6 is 0 Å². The number of aliphatic hydroxyl groups is 1. The lowest BCUT2D eigenvalue weighted by Crippen LogP contribution is -2.53. The van der Waals surface area contributed by atoms with Crippen molar-refractivity contribution in [3.05, 3.63) is 47.5 Å². The van der Waals surface area contributed by atoms with Crippen molar-refractivity contribution in [3.63, 3.8) is 0 Å². The number of fused-ring (bicyclic) bond motifs is 5. The Morgan fingerprint density at radius 2 is 1.38 bits per heavy atom. The second-order valence-electron chi connectivity index (χ2n) is 18.6. The van der Waals surface area contributed by atoms with E-state index in [2.05, 4.69) is 17.6 Å². The number of Topliss-reactive ketones (excluding diaryl/α,β-unsaturated/α-hetero) is 3. The van der Waals surface area contributed by atoms with Gasteiger partial charge in [-0.1, -0.05) is 103 Å². The number of nitrogens with zero attached hydrogens (tertiary/aromatic N) is 2. The minimum atomic E-state index is -1.31. The molecule has 0 fully saturated rings. The van der Waals surface area contributed by atoms with Crippen LogP contribution in [0.1, 0.15) is 173 Å². The number of ketones is 3. The fourth-order valence-corrected chi connectivity index (χ4v) is 8.72. The van der Waals surface area contributed by atoms with Crippen molar-refractivity contribution in [2.75, 3.05) is 20.7 Å². The summed E-state index contributed by atoms with van der Waals surface area (Å²) in [5, 5.41) is 37.4. The van der Waals surface area contributed by atoms with Crippen molar-refractivity contribution >= 4 is 47.3 Å². The highest BCUT2D eigenvalue weighted by atomic mass is 16.3. The minimum Gasteiger partial charge on any atom is -0.507 e. The molecule has 0 radical (unpaired) electrons. The largest absolute Gasteiger partial charge is 0.507 e. The van der Waals surface area contributed by atoms with Gasteiger partial charge in [0, 0.05) is 69.7 Å². The normalized spacial score (nSPS) is 17.4. The molecule has 68 heavy (non-hydrogen) atoms. The van der Waals surface area contributed by atoms with Gasteiger partial charge in [-0.05, 0) is 68.0 Å². The Bertz CT molecular complexity index is 2000. The van der Waals surface area contributed by atoms with Gasteiger partial charge < -0.3 is 40.5 Å². The number of phenols is 2. The molecule has 4 bridgehead atoms. The lowest BCUT2D eigenvalue weighted by molar-refractivity contribution is -0.142. The molecular formula is C53H78N4O11. The molecule has 0 spiro atoms. The van der Waals surface area contributed by atoms with Crippen LogP contribution in [0, 0.1) is 5.92 Å². The van der Waals surface area contributed by atoms with Crippen molar-refractivity contribution in [2.24, 2.45) is 5.92 Å². The van der Waals surface area contributed by atoms with E-state index in [1.54, 1.807) is 12.1 Å². The van der Waals surface area contributed by atoms with Gasteiger partial charge >= 0.3 is 0 Å². The second kappa shape index (κ2) is 30.1. The van der Waals surface area contributed by atoms with Crippen LogP contribution in [0.5, 0.6) is 11.5 Å². The number of rotatable bonds is 27. The highest BCUT2D eigenvalue weighted by Gasteiger charge is 2.34. The first-order valence-corrected chi connectivity index (χ1v) is 24.9. The lowest BCUT2D eigenvalue weighted by Gasteiger charge is -2.29. The molecule has 1 aliphatic heterocycles. The van der Waals surface area contributed by atoms with Crippen LogP contribution in [0.4, 0.5) is 0 Å². The third-order valence-corrected chi connectivity index (χ3v) is 13.2. The van der Waals surface area contributed by atoms with E-state index in [1.807, 2.05) is 0 Å². The molecule has 0 unspecified atom stereocenters. The number of carbonyl (C=O) groups is 8. The highest BCUT2D eigenvalue weighted by molar-refractivity contribution is 5.97. The fraction of sp³-hybridized carbons (Fsp3) is 0.623. The summed E-state index contributed by atoms with van der Waals surface area (Å²) in [6, 6.07) is 4.63. The lowest BCUT2D eigenvalue weighted by atomic mass is 9.90. The molecule has 1 heterocycles. The predicted octanol–water partition coefficient (Wildman–Crippen LogP) is 7.38. The van der Waals surface area contributed by atoms with Crippen LogP contribution in [0.3, 0.4) is 0 Å². The average Bonchev–Trinajstić information content (AvgIpc) is 3.31. The van der Waals surface area contributed by atoms with Gasteiger partial charge in [-0.2, -0.15) is 0 Å². The molecule has 1 aliphatic rings. The maximum atomic E-state index is 14.3. The van der Waals surface area contributed by atoms with Crippen LogP contribution in [-0.2, 0) is 44.8 Å². The summed E-state index contributed by atoms with van der Waals surface area (Å²) in [7, 11) is 2.83. The van der Waals surface area contributed by atoms with Gasteiger partial charge in [0.05, 0.1) is 18.7 Å². The first-order chi connectivity index (χ1) is 32.5. The van der Waals surface area contributed by atoms with Crippen LogP contribution in [0.2, 0.25) is 0 Å². The van der Waals surface area contributed by atoms with Gasteiger partial charge in [-0.25, -0.2) is 0 Å². The van der Waals surface area contributed by atoms with Gasteiger partial charge in [0.1, 0.15) is 29.9 Å². The number of hydrogen-bond donors (Lipinski definition) is 5. The van der Waals surface area contributed by atoms with Gasteiger partial charge in [0.2, 0.25) is 23.6 Å². The highest BCUT2D eigenvalue weighted by Crippen LogP contribution is 2.39. The van der Waals surface area contributed by atoms with Crippen molar-refractivity contribution < 1.29 is 53.7 Å². The molecule has 2 aromatic carbocycles. The Hall–Kier alpha value is -5.44. The summed E-state index contributed by atoms with van der Waals surface area (Å²) in [4.78, 5) is 108. The summed E-state index contributed by atoms with van der Waals surface area (Å²) in [6.45, 7) is 4.54. The number of nitrogens with one attached hydrogen (secondary N) is 2. The maximum Gasteiger partial charge on any atom is 0.245 e. The molecular weight excluding hydrogens is 869 g/mol. The molecule has 0 aliphatic carbocycles. The number of aliphatic hydroxyl groups excluding tert-OH is 1. The number of carbonyl (C=O) groups excluding carboxylic acids is 8. The Balaban J connectivity index is 1.66. The SMILES string of the molecule is CCCCCCCCCCCCCCCC(=O)N(C)[C@H](CO)C(=O)N[C@H](C)C(=O)CCC(=O)N(C)[C@@H]1C(=O)C[C@@H](C)C(=O)N[C@H](C(=O)CCC=O)CCCc2ccc(O)c(c2)-c2cc1ccc2O. The van der Waals surface area contributed by atoms with E-state index in [-0.39, 0.29) is 84.8 Å². The summed E-state index contributed by atoms with van der Waals surface area (Å²) in [5.74, 6) is -4.87. The third-order valence-electron chi connectivity index (χ3n) is 13.2. The number of phenolic OH excluding ortho intramolecular Hbond substituents is 2. The summed E-state index contributed by atoms with van der Waals surface area (Å²) >= 11 is 0. The minimum absolute atomic E-state index is 0.00740. The van der Waals surface area contributed by atoms with Crippen LogP contribution < -0.4 is 10.6 Å².